The lowest BCUT2D eigenvalue weighted by molar-refractivity contribution is -0.122. The monoisotopic (exact) mass is 184 g/mol. The molecule has 1 aliphatic rings. The van der Waals surface area contributed by atoms with Crippen molar-refractivity contribution >= 4 is 5.91 Å². The Balaban J connectivity index is 2.19. The van der Waals surface area contributed by atoms with Crippen molar-refractivity contribution in [1.82, 2.24) is 10.2 Å². The Hall–Kier alpha value is -0.570. The van der Waals surface area contributed by atoms with Crippen molar-refractivity contribution < 1.29 is 4.79 Å². The molecule has 0 bridgehead atoms. The number of amides is 1. The Morgan fingerprint density at radius 2 is 2.38 bits per heavy atom. The number of carbonyl (C=O) groups excluding carboxylic acids is 1. The predicted molar refractivity (Wildman–Crippen MR) is 53.6 cm³/mol. The molecule has 1 atom stereocenters. The highest BCUT2D eigenvalue weighted by Gasteiger charge is 2.22. The number of hydrogen-bond acceptors (Lipinski definition) is 2. The molecule has 0 aromatic carbocycles. The van der Waals surface area contributed by atoms with Gasteiger partial charge in [-0.2, -0.15) is 0 Å². The number of hydrogen-bond donors (Lipinski definition) is 1. The molecule has 0 saturated carbocycles. The smallest absolute Gasteiger partial charge is 0.221 e. The quantitative estimate of drug-likeness (QED) is 0.707. The molecule has 1 N–H and O–H groups in total. The molecule has 1 rings (SSSR count). The molecule has 1 heterocycles. The van der Waals surface area contributed by atoms with Gasteiger partial charge in [-0.1, -0.05) is 6.92 Å². The zero-order chi connectivity index (χ0) is 9.68. The predicted octanol–water partition coefficient (Wildman–Crippen LogP) is 0.997. The normalized spacial score (nSPS) is 23.4. The number of nitrogens with zero attached hydrogens (tertiary/aromatic N) is 1. The van der Waals surface area contributed by atoms with E-state index in [0.717, 1.165) is 19.5 Å². The fourth-order valence-electron chi connectivity index (χ4n) is 1.79. The van der Waals surface area contributed by atoms with E-state index in [4.69, 9.17) is 0 Å². The maximum absolute atomic E-state index is 11.4. The fraction of sp³-hybridized carbons (Fsp3) is 0.900. The van der Waals surface area contributed by atoms with Gasteiger partial charge in [0.25, 0.3) is 0 Å². The van der Waals surface area contributed by atoms with Gasteiger partial charge in [-0.05, 0) is 32.9 Å². The molecule has 3 nitrogen and oxygen atoms in total. The van der Waals surface area contributed by atoms with Crippen molar-refractivity contribution in [2.24, 2.45) is 0 Å². The molecule has 3 heteroatoms. The summed E-state index contributed by atoms with van der Waals surface area (Å²) < 4.78 is 0. The minimum atomic E-state index is 0.209. The van der Waals surface area contributed by atoms with Crippen molar-refractivity contribution in [2.45, 2.75) is 38.6 Å². The maximum atomic E-state index is 11.4. The van der Waals surface area contributed by atoms with Crippen LogP contribution in [-0.2, 0) is 4.79 Å². The molecule has 0 radical (unpaired) electrons. The first-order valence-electron chi connectivity index (χ1n) is 5.21. The van der Waals surface area contributed by atoms with Gasteiger partial charge in [0.1, 0.15) is 0 Å². The van der Waals surface area contributed by atoms with Crippen molar-refractivity contribution in [2.75, 3.05) is 20.1 Å². The van der Waals surface area contributed by atoms with E-state index in [0.29, 0.717) is 12.5 Å². The summed E-state index contributed by atoms with van der Waals surface area (Å²) in [6.45, 7) is 4.03. The van der Waals surface area contributed by atoms with Gasteiger partial charge in [0.05, 0.1) is 0 Å². The standard InChI is InChI=1S/C10H20N2O/c1-3-6-11-10(13)8-9-5-4-7-12(9)2/h9H,3-8H2,1-2H3,(H,11,13). The first-order valence-corrected chi connectivity index (χ1v) is 5.21. The van der Waals surface area contributed by atoms with Crippen LogP contribution in [0.1, 0.15) is 32.6 Å². The molecule has 0 aromatic heterocycles. The van der Waals surface area contributed by atoms with Crippen LogP contribution in [0.2, 0.25) is 0 Å². The molecular weight excluding hydrogens is 164 g/mol. The van der Waals surface area contributed by atoms with Crippen LogP contribution in [0.25, 0.3) is 0 Å². The average Bonchev–Trinajstić information content (AvgIpc) is 2.48. The van der Waals surface area contributed by atoms with E-state index in [9.17, 15) is 4.79 Å². The van der Waals surface area contributed by atoms with Crippen LogP contribution in [-0.4, -0.2) is 37.0 Å². The van der Waals surface area contributed by atoms with Crippen molar-refractivity contribution in [3.8, 4) is 0 Å². The highest BCUT2D eigenvalue weighted by molar-refractivity contribution is 5.76. The Bertz CT molecular complexity index is 170. The van der Waals surface area contributed by atoms with Crippen LogP contribution in [0.15, 0.2) is 0 Å². The highest BCUT2D eigenvalue weighted by Crippen LogP contribution is 2.17. The average molecular weight is 184 g/mol. The summed E-state index contributed by atoms with van der Waals surface area (Å²) in [7, 11) is 2.10. The fourth-order valence-corrected chi connectivity index (χ4v) is 1.79. The van der Waals surface area contributed by atoms with Crippen molar-refractivity contribution in [1.29, 1.82) is 0 Å². The van der Waals surface area contributed by atoms with Crippen LogP contribution < -0.4 is 5.32 Å². The zero-order valence-corrected chi connectivity index (χ0v) is 8.68. The van der Waals surface area contributed by atoms with E-state index in [1.807, 2.05) is 0 Å². The first kappa shape index (κ1) is 10.5. The molecule has 1 aliphatic heterocycles. The lowest BCUT2D eigenvalue weighted by atomic mass is 10.1. The minimum absolute atomic E-state index is 0.209. The SMILES string of the molecule is CCCNC(=O)CC1CCCN1C. The van der Waals surface area contributed by atoms with Crippen LogP contribution in [0.3, 0.4) is 0 Å². The van der Waals surface area contributed by atoms with Gasteiger partial charge in [-0.25, -0.2) is 0 Å². The lowest BCUT2D eigenvalue weighted by Crippen LogP contribution is -2.33. The van der Waals surface area contributed by atoms with Gasteiger partial charge in [-0.3, -0.25) is 4.79 Å². The first-order chi connectivity index (χ1) is 6.24. The second-order valence-corrected chi connectivity index (χ2v) is 3.83. The summed E-state index contributed by atoms with van der Waals surface area (Å²) in [6.07, 6.45) is 4.11. The summed E-state index contributed by atoms with van der Waals surface area (Å²) in [6, 6.07) is 0.483. The number of rotatable bonds is 4. The molecule has 76 valence electrons. The molecule has 1 fully saturated rings. The van der Waals surface area contributed by atoms with Crippen LogP contribution in [0, 0.1) is 0 Å². The van der Waals surface area contributed by atoms with Gasteiger partial charge in [-0.15, -0.1) is 0 Å². The second kappa shape index (κ2) is 5.22. The van der Waals surface area contributed by atoms with Crippen molar-refractivity contribution in [3.05, 3.63) is 0 Å². The second-order valence-electron chi connectivity index (χ2n) is 3.83. The number of carbonyl (C=O) groups is 1. The Kier molecular flexibility index (Phi) is 4.22. The molecule has 1 saturated heterocycles. The highest BCUT2D eigenvalue weighted by atomic mass is 16.1. The molecular formula is C10H20N2O. The molecule has 0 aliphatic carbocycles. The summed E-state index contributed by atoms with van der Waals surface area (Å²) in [5.74, 6) is 0.209. The molecule has 13 heavy (non-hydrogen) atoms. The Morgan fingerprint density at radius 1 is 1.62 bits per heavy atom. The summed E-state index contributed by atoms with van der Waals surface area (Å²) in [4.78, 5) is 13.6. The van der Waals surface area contributed by atoms with Crippen LogP contribution in [0.5, 0.6) is 0 Å². The lowest BCUT2D eigenvalue weighted by Gasteiger charge is -2.18. The number of nitrogens with one attached hydrogen (secondary N) is 1. The third kappa shape index (κ3) is 3.35. The van der Waals surface area contributed by atoms with Crippen LogP contribution >= 0.6 is 0 Å². The van der Waals surface area contributed by atoms with E-state index < -0.39 is 0 Å². The van der Waals surface area contributed by atoms with Gasteiger partial charge >= 0.3 is 0 Å². The third-order valence-electron chi connectivity index (χ3n) is 2.66. The summed E-state index contributed by atoms with van der Waals surface area (Å²) in [5.41, 5.74) is 0. The summed E-state index contributed by atoms with van der Waals surface area (Å²) >= 11 is 0. The van der Waals surface area contributed by atoms with E-state index in [2.05, 4.69) is 24.2 Å². The van der Waals surface area contributed by atoms with E-state index >= 15 is 0 Å². The molecule has 1 amide bonds. The molecule has 1 unspecified atom stereocenters. The zero-order valence-electron chi connectivity index (χ0n) is 8.68. The molecule has 0 spiro atoms. The third-order valence-corrected chi connectivity index (χ3v) is 2.66. The number of likely N-dealkylation sites (tertiary alicyclic amines) is 1. The van der Waals surface area contributed by atoms with Gasteiger partial charge in [0.2, 0.25) is 5.91 Å². The van der Waals surface area contributed by atoms with E-state index in [1.165, 1.54) is 12.8 Å². The van der Waals surface area contributed by atoms with Gasteiger partial charge < -0.3 is 10.2 Å². The van der Waals surface area contributed by atoms with E-state index in [1.54, 1.807) is 0 Å². The van der Waals surface area contributed by atoms with Gasteiger partial charge in [0.15, 0.2) is 0 Å². The van der Waals surface area contributed by atoms with Crippen LogP contribution in [0.4, 0.5) is 0 Å². The Morgan fingerprint density at radius 3 is 2.92 bits per heavy atom. The topological polar surface area (TPSA) is 32.3 Å². The largest absolute Gasteiger partial charge is 0.356 e. The summed E-state index contributed by atoms with van der Waals surface area (Å²) in [5, 5.41) is 2.91. The maximum Gasteiger partial charge on any atom is 0.221 e. The van der Waals surface area contributed by atoms with E-state index in [-0.39, 0.29) is 5.91 Å². The Labute approximate surface area is 80.5 Å². The van der Waals surface area contributed by atoms with Gasteiger partial charge in [0, 0.05) is 19.0 Å². The van der Waals surface area contributed by atoms with Crippen molar-refractivity contribution in [3.63, 3.8) is 0 Å². The molecule has 0 aromatic rings. The minimum Gasteiger partial charge on any atom is -0.356 e.